The number of aromatic nitrogens is 3. The smallest absolute Gasteiger partial charge is 0.228 e. The van der Waals surface area contributed by atoms with Gasteiger partial charge in [0.2, 0.25) is 5.91 Å². The van der Waals surface area contributed by atoms with Gasteiger partial charge in [0.15, 0.2) is 11.5 Å². The number of aromatic hydroxyl groups is 1. The van der Waals surface area contributed by atoms with Crippen LogP contribution in [-0.4, -0.2) is 51.2 Å². The molecule has 3 heterocycles. The second kappa shape index (κ2) is 6.76. The van der Waals surface area contributed by atoms with Crippen molar-refractivity contribution in [1.82, 2.24) is 20.1 Å². The second-order valence-corrected chi connectivity index (χ2v) is 6.75. The number of carbonyl (C=O) groups excluding carboxylic acids is 1. The molecule has 1 fully saturated rings. The Morgan fingerprint density at radius 2 is 2.00 bits per heavy atom. The fourth-order valence-electron chi connectivity index (χ4n) is 3.33. The van der Waals surface area contributed by atoms with Crippen molar-refractivity contribution in [2.45, 2.75) is 12.8 Å². The first kappa shape index (κ1) is 16.5. The lowest BCUT2D eigenvalue weighted by Gasteiger charge is -2.27. The lowest BCUT2D eigenvalue weighted by atomic mass is 9.96. The number of carbonyl (C=O) groups is 1. The van der Waals surface area contributed by atoms with Crippen molar-refractivity contribution in [2.75, 3.05) is 25.5 Å². The third kappa shape index (κ3) is 3.13. The zero-order valence-electron chi connectivity index (χ0n) is 14.6. The Labute approximate surface area is 151 Å². The van der Waals surface area contributed by atoms with E-state index in [-0.39, 0.29) is 17.6 Å². The zero-order chi connectivity index (χ0) is 18.1. The third-order valence-electron chi connectivity index (χ3n) is 4.93. The molecule has 4 rings (SSSR count). The highest BCUT2D eigenvalue weighted by Crippen LogP contribution is 2.30. The van der Waals surface area contributed by atoms with Crippen molar-refractivity contribution in [3.63, 3.8) is 0 Å². The van der Waals surface area contributed by atoms with Crippen molar-refractivity contribution in [3.8, 4) is 17.0 Å². The summed E-state index contributed by atoms with van der Waals surface area (Å²) in [5, 5.41) is 20.8. The van der Waals surface area contributed by atoms with E-state index in [9.17, 15) is 9.90 Å². The van der Waals surface area contributed by atoms with E-state index in [2.05, 4.69) is 32.4 Å². The van der Waals surface area contributed by atoms with Gasteiger partial charge in [0.25, 0.3) is 0 Å². The number of rotatable bonds is 3. The van der Waals surface area contributed by atoms with Gasteiger partial charge in [0.05, 0.1) is 11.1 Å². The van der Waals surface area contributed by atoms with Crippen molar-refractivity contribution in [1.29, 1.82) is 0 Å². The molecule has 0 bridgehead atoms. The summed E-state index contributed by atoms with van der Waals surface area (Å²) in [7, 11) is 2.07. The molecule has 0 aliphatic carbocycles. The van der Waals surface area contributed by atoms with E-state index in [0.717, 1.165) is 31.3 Å². The number of hydrogen-bond donors (Lipinski definition) is 3. The summed E-state index contributed by atoms with van der Waals surface area (Å²) in [6.45, 7) is 1.87. The second-order valence-electron chi connectivity index (χ2n) is 6.75. The Morgan fingerprint density at radius 1 is 1.23 bits per heavy atom. The largest absolute Gasteiger partial charge is 0.507 e. The lowest BCUT2D eigenvalue weighted by Crippen LogP contribution is -2.36. The molecule has 0 radical (unpaired) electrons. The van der Waals surface area contributed by atoms with Crippen molar-refractivity contribution in [2.24, 2.45) is 5.92 Å². The van der Waals surface area contributed by atoms with Crippen LogP contribution in [0, 0.1) is 5.92 Å². The molecule has 7 nitrogen and oxygen atoms in total. The summed E-state index contributed by atoms with van der Waals surface area (Å²) < 4.78 is 0. The summed E-state index contributed by atoms with van der Waals surface area (Å²) >= 11 is 0. The van der Waals surface area contributed by atoms with E-state index in [0.29, 0.717) is 22.7 Å². The average Bonchev–Trinajstić information content (AvgIpc) is 3.04. The number of fused-ring (bicyclic) bond motifs is 1. The number of para-hydroxylation sites is 1. The van der Waals surface area contributed by atoms with Gasteiger partial charge in [-0.25, -0.2) is 4.98 Å². The van der Waals surface area contributed by atoms with Gasteiger partial charge in [-0.3, -0.25) is 9.89 Å². The van der Waals surface area contributed by atoms with Crippen LogP contribution in [0.15, 0.2) is 36.4 Å². The molecule has 1 aliphatic heterocycles. The predicted octanol–water partition coefficient (Wildman–Crippen LogP) is 2.61. The van der Waals surface area contributed by atoms with E-state index in [4.69, 9.17) is 0 Å². The number of amides is 1. The standard InChI is InChI=1S/C19H21N5O2/c1-24-10-8-12(9-11-24)19(26)21-18-14-6-7-15(20-17(14)22-23-18)13-4-2-3-5-16(13)25/h2-7,12,25H,8-11H2,1H3,(H2,20,21,22,23,26). The summed E-state index contributed by atoms with van der Waals surface area (Å²) in [6, 6.07) is 10.7. The lowest BCUT2D eigenvalue weighted by molar-refractivity contribution is -0.121. The molecular formula is C19H21N5O2. The van der Waals surface area contributed by atoms with Crippen molar-refractivity contribution in [3.05, 3.63) is 36.4 Å². The molecule has 134 valence electrons. The number of phenolic OH excluding ortho intramolecular Hbond substituents is 1. The van der Waals surface area contributed by atoms with Crippen LogP contribution in [-0.2, 0) is 4.79 Å². The monoisotopic (exact) mass is 351 g/mol. The van der Waals surface area contributed by atoms with Gasteiger partial charge >= 0.3 is 0 Å². The molecule has 1 aromatic carbocycles. The number of hydrogen-bond acceptors (Lipinski definition) is 5. The average molecular weight is 351 g/mol. The maximum atomic E-state index is 12.5. The van der Waals surface area contributed by atoms with E-state index in [1.165, 1.54) is 0 Å². The zero-order valence-corrected chi connectivity index (χ0v) is 14.6. The SMILES string of the molecule is CN1CCC(C(=O)Nc2n[nH]c3nc(-c4ccccc4O)ccc23)CC1. The number of nitrogens with zero attached hydrogens (tertiary/aromatic N) is 3. The molecule has 1 aliphatic rings. The molecule has 7 heteroatoms. The van der Waals surface area contributed by atoms with Crippen LogP contribution >= 0.6 is 0 Å². The fraction of sp³-hybridized carbons (Fsp3) is 0.316. The molecule has 0 unspecified atom stereocenters. The number of pyridine rings is 1. The van der Waals surface area contributed by atoms with E-state index >= 15 is 0 Å². The van der Waals surface area contributed by atoms with E-state index in [1.54, 1.807) is 12.1 Å². The van der Waals surface area contributed by atoms with Crippen LogP contribution in [0.1, 0.15) is 12.8 Å². The molecule has 26 heavy (non-hydrogen) atoms. The Hall–Kier alpha value is -2.93. The van der Waals surface area contributed by atoms with Gasteiger partial charge in [-0.05, 0) is 57.2 Å². The summed E-state index contributed by atoms with van der Waals surface area (Å²) in [4.78, 5) is 19.3. The molecule has 0 saturated carbocycles. The minimum atomic E-state index is 0.0104. The first-order chi connectivity index (χ1) is 12.6. The highest BCUT2D eigenvalue weighted by molar-refractivity contribution is 6.00. The van der Waals surface area contributed by atoms with Crippen LogP contribution in [0.4, 0.5) is 5.82 Å². The maximum Gasteiger partial charge on any atom is 0.228 e. The van der Waals surface area contributed by atoms with Crippen LogP contribution in [0.2, 0.25) is 0 Å². The number of likely N-dealkylation sites (tertiary alicyclic amines) is 1. The minimum absolute atomic E-state index is 0.0104. The first-order valence-electron chi connectivity index (χ1n) is 8.75. The number of H-pyrrole nitrogens is 1. The van der Waals surface area contributed by atoms with Crippen LogP contribution in [0.25, 0.3) is 22.3 Å². The van der Waals surface area contributed by atoms with Gasteiger partial charge in [-0.1, -0.05) is 12.1 Å². The summed E-state index contributed by atoms with van der Waals surface area (Å²) in [6.07, 6.45) is 1.72. The molecule has 0 atom stereocenters. The Morgan fingerprint density at radius 3 is 2.77 bits per heavy atom. The van der Waals surface area contributed by atoms with E-state index < -0.39 is 0 Å². The van der Waals surface area contributed by atoms with Gasteiger partial charge in [-0.15, -0.1) is 0 Å². The number of benzene rings is 1. The number of phenols is 1. The molecule has 2 aromatic heterocycles. The number of anilines is 1. The van der Waals surface area contributed by atoms with E-state index in [1.807, 2.05) is 24.3 Å². The van der Waals surface area contributed by atoms with Crippen LogP contribution in [0.3, 0.4) is 0 Å². The Balaban J connectivity index is 1.56. The van der Waals surface area contributed by atoms with Gasteiger partial charge < -0.3 is 15.3 Å². The highest BCUT2D eigenvalue weighted by atomic mass is 16.3. The Bertz CT molecular complexity index is 944. The van der Waals surface area contributed by atoms with Crippen LogP contribution in [0.5, 0.6) is 5.75 Å². The molecule has 0 spiro atoms. The number of piperidine rings is 1. The quantitative estimate of drug-likeness (QED) is 0.674. The normalized spacial score (nSPS) is 16.0. The predicted molar refractivity (Wildman–Crippen MR) is 99.8 cm³/mol. The minimum Gasteiger partial charge on any atom is -0.507 e. The van der Waals surface area contributed by atoms with Crippen molar-refractivity contribution >= 4 is 22.8 Å². The Kier molecular flexibility index (Phi) is 4.30. The number of nitrogens with one attached hydrogen (secondary N) is 2. The molecule has 3 N–H and O–H groups in total. The highest BCUT2D eigenvalue weighted by Gasteiger charge is 2.24. The fourth-order valence-corrected chi connectivity index (χ4v) is 3.33. The van der Waals surface area contributed by atoms with Gasteiger partial charge in [-0.2, -0.15) is 5.10 Å². The van der Waals surface area contributed by atoms with Gasteiger partial charge in [0, 0.05) is 11.5 Å². The third-order valence-corrected chi connectivity index (χ3v) is 4.93. The summed E-state index contributed by atoms with van der Waals surface area (Å²) in [5.74, 6) is 0.706. The maximum absolute atomic E-state index is 12.5. The first-order valence-corrected chi connectivity index (χ1v) is 8.75. The number of aromatic amines is 1. The molecule has 3 aromatic rings. The van der Waals surface area contributed by atoms with Gasteiger partial charge in [0.1, 0.15) is 5.75 Å². The molecule has 1 amide bonds. The van der Waals surface area contributed by atoms with Crippen molar-refractivity contribution < 1.29 is 9.90 Å². The molecular weight excluding hydrogens is 330 g/mol. The molecule has 1 saturated heterocycles. The van der Waals surface area contributed by atoms with Crippen LogP contribution < -0.4 is 5.32 Å². The topological polar surface area (TPSA) is 94.1 Å². The summed E-state index contributed by atoms with van der Waals surface area (Å²) in [5.41, 5.74) is 1.87.